The summed E-state index contributed by atoms with van der Waals surface area (Å²) < 4.78 is 0. The lowest BCUT2D eigenvalue weighted by Crippen LogP contribution is -2.34. The predicted octanol–water partition coefficient (Wildman–Crippen LogP) is 1.81. The van der Waals surface area contributed by atoms with Gasteiger partial charge in [0.1, 0.15) is 0 Å². The number of hydrogen-bond acceptors (Lipinski definition) is 5. The number of imide groups is 1. The van der Waals surface area contributed by atoms with Crippen LogP contribution in [0.4, 0.5) is 0 Å². The fraction of sp³-hybridized carbons (Fsp3) is 0.286. The van der Waals surface area contributed by atoms with Crippen LogP contribution >= 0.6 is 0 Å². The maximum atomic E-state index is 12.8. The summed E-state index contributed by atoms with van der Waals surface area (Å²) in [6.45, 7) is 2.19. The van der Waals surface area contributed by atoms with E-state index in [0.717, 1.165) is 10.5 Å². The summed E-state index contributed by atoms with van der Waals surface area (Å²) in [5, 5.41) is 9.35. The minimum absolute atomic E-state index is 0.110. The number of hydrogen-bond donors (Lipinski definition) is 1. The number of carboxylic acid groups (broad SMARTS) is 1. The highest BCUT2D eigenvalue weighted by Crippen LogP contribution is 2.32. The van der Waals surface area contributed by atoms with Crippen molar-refractivity contribution in [2.24, 2.45) is 5.41 Å². The van der Waals surface area contributed by atoms with Gasteiger partial charge in [0.15, 0.2) is 0 Å². The van der Waals surface area contributed by atoms with Gasteiger partial charge in [0.25, 0.3) is 17.7 Å². The zero-order valence-corrected chi connectivity index (χ0v) is 15.8. The molecule has 1 saturated heterocycles. The predicted molar refractivity (Wildman–Crippen MR) is 101 cm³/mol. The van der Waals surface area contributed by atoms with Gasteiger partial charge < -0.3 is 10.0 Å². The summed E-state index contributed by atoms with van der Waals surface area (Å²) in [5.74, 6) is -2.13. The molecule has 2 aromatic rings. The van der Waals surface area contributed by atoms with Crippen molar-refractivity contribution >= 4 is 23.7 Å². The van der Waals surface area contributed by atoms with E-state index < -0.39 is 23.2 Å². The molecule has 0 bridgehead atoms. The molecule has 2 aliphatic rings. The van der Waals surface area contributed by atoms with E-state index >= 15 is 0 Å². The molecule has 29 heavy (non-hydrogen) atoms. The van der Waals surface area contributed by atoms with Gasteiger partial charge in [-0.25, -0.2) is 0 Å². The van der Waals surface area contributed by atoms with Crippen molar-refractivity contribution in [3.8, 4) is 0 Å². The smallest absolute Gasteiger partial charge is 0.311 e. The number of fused-ring (bicyclic) bond motifs is 1. The fourth-order valence-electron chi connectivity index (χ4n) is 3.73. The monoisotopic (exact) mass is 393 g/mol. The van der Waals surface area contributed by atoms with Crippen LogP contribution in [0, 0.1) is 5.41 Å². The Morgan fingerprint density at radius 1 is 1.10 bits per heavy atom. The topological polar surface area (TPSA) is 108 Å². The standard InChI is InChI=1S/C21H19N3O5/c1-21(20(28)29)6-9-23(12-21)17(25)14-2-3-15-16(10-14)19(27)24(18(15)26)11-13-4-7-22-8-5-13/h2-5,7-8,10H,6,9,11-12H2,1H3,(H,28,29). The molecule has 8 heteroatoms. The third-order valence-electron chi connectivity index (χ3n) is 5.58. The van der Waals surface area contributed by atoms with E-state index in [9.17, 15) is 24.3 Å². The number of benzene rings is 1. The average molecular weight is 393 g/mol. The molecular formula is C21H19N3O5. The van der Waals surface area contributed by atoms with E-state index in [2.05, 4.69) is 4.98 Å². The summed E-state index contributed by atoms with van der Waals surface area (Å²) in [6, 6.07) is 7.89. The average Bonchev–Trinajstić information content (AvgIpc) is 3.23. The number of carbonyl (C=O) groups excluding carboxylic acids is 3. The summed E-state index contributed by atoms with van der Waals surface area (Å²) in [6.07, 6.45) is 3.55. The van der Waals surface area contributed by atoms with Gasteiger partial charge in [-0.1, -0.05) is 0 Å². The summed E-state index contributed by atoms with van der Waals surface area (Å²) >= 11 is 0. The van der Waals surface area contributed by atoms with Crippen molar-refractivity contribution in [1.82, 2.24) is 14.8 Å². The number of carboxylic acids is 1. The molecule has 1 fully saturated rings. The van der Waals surface area contributed by atoms with Crippen molar-refractivity contribution in [2.45, 2.75) is 19.9 Å². The fourth-order valence-corrected chi connectivity index (χ4v) is 3.73. The Labute approximate surface area is 166 Å². The van der Waals surface area contributed by atoms with E-state index in [1.807, 2.05) is 0 Å². The van der Waals surface area contributed by atoms with Gasteiger partial charge >= 0.3 is 5.97 Å². The molecule has 148 valence electrons. The van der Waals surface area contributed by atoms with Gasteiger partial charge in [-0.3, -0.25) is 29.1 Å². The Morgan fingerprint density at radius 2 is 1.79 bits per heavy atom. The highest BCUT2D eigenvalue weighted by Gasteiger charge is 2.43. The molecule has 0 spiro atoms. The number of pyridine rings is 1. The molecule has 2 aliphatic heterocycles. The lowest BCUT2D eigenvalue weighted by molar-refractivity contribution is -0.147. The highest BCUT2D eigenvalue weighted by molar-refractivity contribution is 6.22. The van der Waals surface area contributed by atoms with Crippen LogP contribution in [0.15, 0.2) is 42.7 Å². The molecule has 0 aliphatic carbocycles. The van der Waals surface area contributed by atoms with E-state index in [-0.39, 0.29) is 35.7 Å². The third kappa shape index (κ3) is 3.16. The molecule has 8 nitrogen and oxygen atoms in total. The van der Waals surface area contributed by atoms with Crippen LogP contribution in [-0.4, -0.2) is 56.7 Å². The lowest BCUT2D eigenvalue weighted by atomic mass is 9.90. The molecule has 0 radical (unpaired) electrons. The van der Waals surface area contributed by atoms with Crippen LogP contribution in [0.3, 0.4) is 0 Å². The second-order valence-corrected chi connectivity index (χ2v) is 7.65. The lowest BCUT2D eigenvalue weighted by Gasteiger charge is -2.20. The Balaban J connectivity index is 1.56. The normalized spacial score (nSPS) is 20.9. The maximum absolute atomic E-state index is 12.8. The molecule has 1 aromatic carbocycles. The van der Waals surface area contributed by atoms with Gasteiger partial charge in [0, 0.05) is 31.0 Å². The van der Waals surface area contributed by atoms with Crippen LogP contribution in [0.2, 0.25) is 0 Å². The van der Waals surface area contributed by atoms with Crippen LogP contribution in [0.5, 0.6) is 0 Å². The summed E-state index contributed by atoms with van der Waals surface area (Å²) in [7, 11) is 0. The zero-order chi connectivity index (χ0) is 20.8. The van der Waals surface area contributed by atoms with Crippen molar-refractivity contribution in [3.63, 3.8) is 0 Å². The molecular weight excluding hydrogens is 374 g/mol. The summed E-state index contributed by atoms with van der Waals surface area (Å²) in [4.78, 5) is 56.2. The van der Waals surface area contributed by atoms with Crippen LogP contribution in [-0.2, 0) is 11.3 Å². The van der Waals surface area contributed by atoms with E-state index in [1.54, 1.807) is 31.5 Å². The second kappa shape index (κ2) is 6.80. The van der Waals surface area contributed by atoms with Gasteiger partial charge in [-0.05, 0) is 49.2 Å². The first-order valence-electron chi connectivity index (χ1n) is 9.22. The van der Waals surface area contributed by atoms with Crippen molar-refractivity contribution in [3.05, 3.63) is 65.0 Å². The van der Waals surface area contributed by atoms with Crippen molar-refractivity contribution in [1.29, 1.82) is 0 Å². The maximum Gasteiger partial charge on any atom is 0.311 e. The Hall–Kier alpha value is -3.55. The van der Waals surface area contributed by atoms with Crippen LogP contribution < -0.4 is 0 Å². The van der Waals surface area contributed by atoms with E-state index in [0.29, 0.717) is 13.0 Å². The summed E-state index contributed by atoms with van der Waals surface area (Å²) in [5.41, 5.74) is 0.521. The van der Waals surface area contributed by atoms with Gasteiger partial charge in [-0.2, -0.15) is 0 Å². The van der Waals surface area contributed by atoms with Gasteiger partial charge in [0.2, 0.25) is 0 Å². The molecule has 3 heterocycles. The number of aromatic nitrogens is 1. The first kappa shape index (κ1) is 18.8. The third-order valence-corrected chi connectivity index (χ3v) is 5.58. The van der Waals surface area contributed by atoms with Crippen molar-refractivity contribution in [2.75, 3.05) is 13.1 Å². The molecule has 3 amide bonds. The first-order chi connectivity index (χ1) is 13.8. The molecule has 1 unspecified atom stereocenters. The number of aliphatic carboxylic acids is 1. The quantitative estimate of drug-likeness (QED) is 0.794. The molecule has 4 rings (SSSR count). The Bertz CT molecular complexity index is 1040. The SMILES string of the molecule is CC1(C(=O)O)CCN(C(=O)c2ccc3c(c2)C(=O)N(Cc2ccncc2)C3=O)C1. The van der Waals surface area contributed by atoms with Crippen LogP contribution in [0.25, 0.3) is 0 Å². The molecule has 0 saturated carbocycles. The van der Waals surface area contributed by atoms with Crippen LogP contribution in [0.1, 0.15) is 50.0 Å². The second-order valence-electron chi connectivity index (χ2n) is 7.65. The largest absolute Gasteiger partial charge is 0.481 e. The van der Waals surface area contributed by atoms with Gasteiger partial charge in [0.05, 0.1) is 23.1 Å². The first-order valence-corrected chi connectivity index (χ1v) is 9.22. The van der Waals surface area contributed by atoms with E-state index in [4.69, 9.17) is 0 Å². The number of amides is 3. The zero-order valence-electron chi connectivity index (χ0n) is 15.8. The Kier molecular flexibility index (Phi) is 4.41. The Morgan fingerprint density at radius 3 is 2.45 bits per heavy atom. The van der Waals surface area contributed by atoms with Gasteiger partial charge in [-0.15, -0.1) is 0 Å². The molecule has 1 atom stereocenters. The number of likely N-dealkylation sites (tertiary alicyclic amines) is 1. The van der Waals surface area contributed by atoms with Crippen molar-refractivity contribution < 1.29 is 24.3 Å². The number of carbonyl (C=O) groups is 4. The van der Waals surface area contributed by atoms with E-state index in [1.165, 1.54) is 23.1 Å². The minimum atomic E-state index is -0.973. The number of rotatable bonds is 4. The molecule has 1 aromatic heterocycles. The minimum Gasteiger partial charge on any atom is -0.481 e. The highest BCUT2D eigenvalue weighted by atomic mass is 16.4. The number of nitrogens with zero attached hydrogens (tertiary/aromatic N) is 3. The molecule has 1 N–H and O–H groups in total.